The molecule has 0 bridgehead atoms. The van der Waals surface area contributed by atoms with Crippen molar-refractivity contribution in [2.75, 3.05) is 11.9 Å². The lowest BCUT2D eigenvalue weighted by Crippen LogP contribution is -2.32. The summed E-state index contributed by atoms with van der Waals surface area (Å²) in [7, 11) is 0. The molecule has 1 fully saturated rings. The second-order valence-electron chi connectivity index (χ2n) is 9.62. The normalized spacial score (nSPS) is 16.9. The Bertz CT molecular complexity index is 1450. The van der Waals surface area contributed by atoms with Gasteiger partial charge in [0.1, 0.15) is 5.82 Å². The van der Waals surface area contributed by atoms with E-state index in [1.165, 1.54) is 12.1 Å². The van der Waals surface area contributed by atoms with Gasteiger partial charge in [-0.2, -0.15) is 0 Å². The van der Waals surface area contributed by atoms with Gasteiger partial charge in [-0.15, -0.1) is 0 Å². The van der Waals surface area contributed by atoms with Crippen molar-refractivity contribution in [2.24, 2.45) is 0 Å². The number of nitrogens with one attached hydrogen (secondary N) is 2. The topological polar surface area (TPSA) is 62.2 Å². The van der Waals surface area contributed by atoms with Gasteiger partial charge in [0.25, 0.3) is 0 Å². The van der Waals surface area contributed by atoms with E-state index in [1.54, 1.807) is 18.3 Å². The summed E-state index contributed by atoms with van der Waals surface area (Å²) < 4.78 is 15.7. The number of halogens is 1. The fourth-order valence-corrected chi connectivity index (χ4v) is 5.47. The molecule has 38 heavy (non-hydrogen) atoms. The van der Waals surface area contributed by atoms with Crippen LogP contribution in [0.4, 0.5) is 10.1 Å². The van der Waals surface area contributed by atoms with Crippen molar-refractivity contribution in [1.29, 1.82) is 0 Å². The number of aromatic nitrogens is 2. The van der Waals surface area contributed by atoms with Crippen molar-refractivity contribution < 1.29 is 9.18 Å². The third kappa shape index (κ3) is 5.17. The number of amides is 1. The van der Waals surface area contributed by atoms with Gasteiger partial charge in [0, 0.05) is 41.9 Å². The van der Waals surface area contributed by atoms with E-state index in [1.807, 2.05) is 56.3 Å². The lowest BCUT2D eigenvalue weighted by Gasteiger charge is -2.28. The van der Waals surface area contributed by atoms with Crippen LogP contribution in [0.2, 0.25) is 0 Å². The first-order valence-corrected chi connectivity index (χ1v) is 13.0. The third-order valence-corrected chi connectivity index (χ3v) is 7.34. The van der Waals surface area contributed by atoms with E-state index in [-0.39, 0.29) is 30.2 Å². The Morgan fingerprint density at radius 1 is 1.05 bits per heavy atom. The molecule has 8 heteroatoms. The third-order valence-electron chi connectivity index (χ3n) is 6.99. The molecule has 0 unspecified atom stereocenters. The van der Waals surface area contributed by atoms with Gasteiger partial charge >= 0.3 is 0 Å². The summed E-state index contributed by atoms with van der Waals surface area (Å²) in [4.78, 5) is 19.5. The monoisotopic (exact) mass is 527 g/mol. The maximum absolute atomic E-state index is 13.6. The Morgan fingerprint density at radius 2 is 1.79 bits per heavy atom. The molecule has 1 aliphatic heterocycles. The van der Waals surface area contributed by atoms with Crippen molar-refractivity contribution in [3.63, 3.8) is 0 Å². The Balaban J connectivity index is 1.46. The van der Waals surface area contributed by atoms with Crippen molar-refractivity contribution in [3.8, 4) is 5.69 Å². The molecule has 1 amide bonds. The van der Waals surface area contributed by atoms with E-state index in [0.29, 0.717) is 11.7 Å². The molecule has 2 atom stereocenters. The highest BCUT2D eigenvalue weighted by Gasteiger charge is 2.41. The SMILES string of the molecule is Cc1ccc(NC(=O)CCN2C(=S)N[C@H](c3ccccn3)[C@H]2c2cc(C)n(-c3ccc(F)cc3)c2C)cc1. The molecule has 1 aliphatic rings. The first-order valence-electron chi connectivity index (χ1n) is 12.6. The van der Waals surface area contributed by atoms with Gasteiger partial charge in [0.05, 0.1) is 17.8 Å². The molecule has 4 aromatic rings. The molecule has 0 aliphatic carbocycles. The minimum Gasteiger partial charge on any atom is -0.352 e. The van der Waals surface area contributed by atoms with Crippen LogP contribution in [0.1, 0.15) is 46.7 Å². The van der Waals surface area contributed by atoms with Crippen LogP contribution in [-0.2, 0) is 4.79 Å². The molecule has 6 nitrogen and oxygen atoms in total. The first kappa shape index (κ1) is 25.6. The number of carbonyl (C=O) groups excluding carboxylic acids is 1. The smallest absolute Gasteiger partial charge is 0.226 e. The van der Waals surface area contributed by atoms with Crippen molar-refractivity contribution >= 4 is 28.9 Å². The second-order valence-corrected chi connectivity index (χ2v) is 10.0. The van der Waals surface area contributed by atoms with E-state index in [4.69, 9.17) is 12.2 Å². The van der Waals surface area contributed by atoms with E-state index in [2.05, 4.69) is 38.1 Å². The Hall–Kier alpha value is -4.04. The maximum Gasteiger partial charge on any atom is 0.226 e. The molecule has 3 heterocycles. The zero-order valence-electron chi connectivity index (χ0n) is 21.6. The predicted octanol–water partition coefficient (Wildman–Crippen LogP) is 5.94. The number of thiocarbonyl (C=S) groups is 1. The van der Waals surface area contributed by atoms with Crippen LogP contribution < -0.4 is 10.6 Å². The maximum atomic E-state index is 13.6. The Kier molecular flexibility index (Phi) is 7.24. The van der Waals surface area contributed by atoms with Crippen LogP contribution in [-0.4, -0.2) is 32.0 Å². The van der Waals surface area contributed by atoms with E-state index < -0.39 is 0 Å². The average molecular weight is 528 g/mol. The zero-order valence-corrected chi connectivity index (χ0v) is 22.4. The molecule has 0 spiro atoms. The standard InChI is InChI=1S/C30H30FN5OS/c1-19-7-11-23(12-8-19)33-27(37)15-17-35-29(28(34-30(35)38)26-6-4-5-16-32-26)25-18-20(2)36(21(25)3)24-13-9-22(31)10-14-24/h4-14,16,18,28-29H,15,17H2,1-3H3,(H,33,37)(H,34,38)/t28-,29-/m1/s1. The molecule has 2 N–H and O–H groups in total. The fourth-order valence-electron chi connectivity index (χ4n) is 5.14. The first-order chi connectivity index (χ1) is 18.3. The Morgan fingerprint density at radius 3 is 2.47 bits per heavy atom. The number of aryl methyl sites for hydroxylation is 2. The largest absolute Gasteiger partial charge is 0.352 e. The number of pyridine rings is 1. The number of benzene rings is 2. The van der Waals surface area contributed by atoms with Gasteiger partial charge in [-0.05, 0) is 93.1 Å². The van der Waals surface area contributed by atoms with E-state index in [0.717, 1.165) is 39.6 Å². The molecular formula is C30H30FN5OS. The number of carbonyl (C=O) groups is 1. The quantitative estimate of drug-likeness (QED) is 0.292. The molecule has 194 valence electrons. The van der Waals surface area contributed by atoms with Crippen molar-refractivity contribution in [3.05, 3.63) is 113 Å². The fraction of sp³-hybridized carbons (Fsp3) is 0.233. The van der Waals surface area contributed by atoms with Gasteiger partial charge in [0.2, 0.25) is 5.91 Å². The molecule has 1 saturated heterocycles. The molecule has 0 radical (unpaired) electrons. The minimum absolute atomic E-state index is 0.0755. The lowest BCUT2D eigenvalue weighted by molar-refractivity contribution is -0.116. The van der Waals surface area contributed by atoms with Crippen molar-refractivity contribution in [2.45, 2.75) is 39.3 Å². The molecule has 2 aromatic heterocycles. The van der Waals surface area contributed by atoms with E-state index >= 15 is 0 Å². The molecule has 5 rings (SSSR count). The number of anilines is 1. The van der Waals surface area contributed by atoms with Gasteiger partial charge in [-0.3, -0.25) is 9.78 Å². The summed E-state index contributed by atoms with van der Waals surface area (Å²) in [6, 6.07) is 21.9. The second kappa shape index (κ2) is 10.8. The lowest BCUT2D eigenvalue weighted by atomic mass is 9.96. The number of rotatable bonds is 7. The molecule has 0 saturated carbocycles. The van der Waals surface area contributed by atoms with Crippen LogP contribution >= 0.6 is 12.2 Å². The van der Waals surface area contributed by atoms with Crippen LogP contribution in [0.15, 0.2) is 79.0 Å². The van der Waals surface area contributed by atoms with Gasteiger partial charge in [0.15, 0.2) is 5.11 Å². The summed E-state index contributed by atoms with van der Waals surface area (Å²) in [6.07, 6.45) is 2.05. The summed E-state index contributed by atoms with van der Waals surface area (Å²) in [5.74, 6) is -0.347. The van der Waals surface area contributed by atoms with Crippen LogP contribution in [0.3, 0.4) is 0 Å². The summed E-state index contributed by atoms with van der Waals surface area (Å²) in [6.45, 7) is 6.55. The van der Waals surface area contributed by atoms with Crippen LogP contribution in [0, 0.1) is 26.6 Å². The summed E-state index contributed by atoms with van der Waals surface area (Å²) >= 11 is 5.79. The van der Waals surface area contributed by atoms with Crippen LogP contribution in [0.25, 0.3) is 5.69 Å². The van der Waals surface area contributed by atoms with Crippen LogP contribution in [0.5, 0.6) is 0 Å². The van der Waals surface area contributed by atoms with E-state index in [9.17, 15) is 9.18 Å². The van der Waals surface area contributed by atoms with Gasteiger partial charge < -0.3 is 20.1 Å². The van der Waals surface area contributed by atoms with Crippen molar-refractivity contribution in [1.82, 2.24) is 19.8 Å². The zero-order chi connectivity index (χ0) is 26.8. The number of hydrogen-bond acceptors (Lipinski definition) is 3. The van der Waals surface area contributed by atoms with Gasteiger partial charge in [-0.25, -0.2) is 4.39 Å². The highest BCUT2D eigenvalue weighted by atomic mass is 32.1. The number of hydrogen-bond donors (Lipinski definition) is 2. The predicted molar refractivity (Wildman–Crippen MR) is 152 cm³/mol. The number of nitrogens with zero attached hydrogens (tertiary/aromatic N) is 3. The summed E-state index contributed by atoms with van der Waals surface area (Å²) in [5.41, 5.74) is 6.80. The molecule has 2 aromatic carbocycles. The average Bonchev–Trinajstić information content (AvgIpc) is 3.39. The summed E-state index contributed by atoms with van der Waals surface area (Å²) in [5, 5.41) is 7.02. The highest BCUT2D eigenvalue weighted by molar-refractivity contribution is 7.80. The highest BCUT2D eigenvalue weighted by Crippen LogP contribution is 2.41. The molecular weight excluding hydrogens is 497 g/mol. The Labute approximate surface area is 227 Å². The van der Waals surface area contributed by atoms with Gasteiger partial charge in [-0.1, -0.05) is 23.8 Å². The minimum atomic E-state index is -0.271.